The summed E-state index contributed by atoms with van der Waals surface area (Å²) in [6.07, 6.45) is 10.3. The number of aryl methyl sites for hydroxylation is 1. The molecule has 0 unspecified atom stereocenters. The largest absolute Gasteiger partial charge is 0.398 e. The van der Waals surface area contributed by atoms with E-state index in [1.807, 2.05) is 42.6 Å². The molecule has 5 nitrogen and oxygen atoms in total. The maximum absolute atomic E-state index is 12.3. The van der Waals surface area contributed by atoms with E-state index in [4.69, 9.17) is 17.3 Å². The zero-order chi connectivity index (χ0) is 23.0. The number of carbonyl (C=O) groups excluding carboxylic acids is 1. The quantitative estimate of drug-likeness (QED) is 0.218. The predicted molar refractivity (Wildman–Crippen MR) is 136 cm³/mol. The summed E-state index contributed by atoms with van der Waals surface area (Å²) >= 11 is 6.15. The number of carbonyl (C=O) groups is 1. The lowest BCUT2D eigenvalue weighted by molar-refractivity contribution is -0.121. The average molecular weight is 461 g/mol. The second-order valence-electron chi connectivity index (χ2n) is 8.32. The third-order valence-corrected chi connectivity index (χ3v) is 6.07. The van der Waals surface area contributed by atoms with Crippen LogP contribution in [0.25, 0.3) is 22.0 Å². The molecule has 0 spiro atoms. The van der Waals surface area contributed by atoms with Gasteiger partial charge >= 0.3 is 0 Å². The number of nitrogens with zero attached hydrogens (tertiary/aromatic N) is 2. The number of unbranched alkanes of at least 4 members (excludes halogenated alkanes) is 3. The number of anilines is 1. The summed E-state index contributed by atoms with van der Waals surface area (Å²) < 4.78 is 2.20. The summed E-state index contributed by atoms with van der Waals surface area (Å²) in [7, 11) is 0. The van der Waals surface area contributed by atoms with Crippen LogP contribution in [0.3, 0.4) is 0 Å². The molecule has 3 N–H and O–H groups in total. The Bertz CT molecular complexity index is 1220. The maximum Gasteiger partial charge on any atom is 0.220 e. The fourth-order valence-corrected chi connectivity index (χ4v) is 4.31. The molecule has 33 heavy (non-hydrogen) atoms. The summed E-state index contributed by atoms with van der Waals surface area (Å²) in [4.78, 5) is 16.4. The van der Waals surface area contributed by atoms with Crippen LogP contribution in [0.1, 0.15) is 37.7 Å². The van der Waals surface area contributed by atoms with Gasteiger partial charge in [0.1, 0.15) is 0 Å². The van der Waals surface area contributed by atoms with Crippen LogP contribution >= 0.6 is 11.6 Å². The Balaban J connectivity index is 1.15. The Labute approximate surface area is 199 Å². The zero-order valence-electron chi connectivity index (χ0n) is 18.6. The lowest BCUT2D eigenvalue weighted by atomic mass is 10.0. The number of aromatic nitrogens is 2. The standard InChI is InChI=1S/C27H29ClN4O/c28-23-16-25(29)24-11-14-32(26(24)17-23)13-4-2-1-3-10-27(33)31-18-20-7-5-8-21(15-20)22-9-6-12-30-19-22/h5-9,11-12,14-17,19H,1-4,10,13,18,29H2,(H,31,33). The number of halogens is 1. The number of nitrogens with two attached hydrogens (primary N) is 1. The molecular weight excluding hydrogens is 432 g/mol. The van der Waals surface area contributed by atoms with Gasteiger partial charge in [-0.25, -0.2) is 0 Å². The van der Waals surface area contributed by atoms with Gasteiger partial charge in [-0.1, -0.05) is 48.7 Å². The van der Waals surface area contributed by atoms with E-state index in [1.54, 1.807) is 12.3 Å². The van der Waals surface area contributed by atoms with Crippen molar-refractivity contribution in [2.45, 2.75) is 45.2 Å². The fourth-order valence-electron chi connectivity index (χ4n) is 4.09. The molecule has 6 heteroatoms. The van der Waals surface area contributed by atoms with Crippen molar-refractivity contribution in [3.05, 3.63) is 83.8 Å². The third kappa shape index (κ3) is 6.14. The van der Waals surface area contributed by atoms with E-state index in [2.05, 4.69) is 33.2 Å². The molecule has 0 bridgehead atoms. The molecule has 0 fully saturated rings. The average Bonchev–Trinajstić information content (AvgIpc) is 3.23. The van der Waals surface area contributed by atoms with Crippen molar-refractivity contribution in [3.8, 4) is 11.1 Å². The van der Waals surface area contributed by atoms with Crippen molar-refractivity contribution in [2.24, 2.45) is 0 Å². The molecule has 2 aromatic carbocycles. The second kappa shape index (κ2) is 11.0. The Kier molecular flexibility index (Phi) is 7.63. The first kappa shape index (κ1) is 22.9. The first-order chi connectivity index (χ1) is 16.1. The summed E-state index contributed by atoms with van der Waals surface area (Å²) in [5.74, 6) is 0.100. The van der Waals surface area contributed by atoms with Crippen LogP contribution in [0.5, 0.6) is 0 Å². The Morgan fingerprint density at radius 1 is 1.00 bits per heavy atom. The minimum atomic E-state index is 0.100. The second-order valence-corrected chi connectivity index (χ2v) is 8.76. The monoisotopic (exact) mass is 460 g/mol. The molecule has 0 aliphatic rings. The molecule has 2 aromatic heterocycles. The number of nitrogen functional groups attached to an aromatic ring is 1. The molecule has 0 atom stereocenters. The molecule has 0 aliphatic heterocycles. The van der Waals surface area contributed by atoms with Gasteiger partial charge in [-0.2, -0.15) is 0 Å². The van der Waals surface area contributed by atoms with Crippen LogP contribution in [0.15, 0.2) is 73.2 Å². The van der Waals surface area contributed by atoms with Crippen molar-refractivity contribution in [1.82, 2.24) is 14.9 Å². The van der Waals surface area contributed by atoms with E-state index in [0.717, 1.165) is 59.8 Å². The zero-order valence-corrected chi connectivity index (χ0v) is 19.4. The fraction of sp³-hybridized carbons (Fsp3) is 0.259. The normalized spacial score (nSPS) is 11.1. The minimum absolute atomic E-state index is 0.100. The Hall–Kier alpha value is -3.31. The molecule has 4 rings (SSSR count). The van der Waals surface area contributed by atoms with Crippen LogP contribution in [-0.4, -0.2) is 15.5 Å². The van der Waals surface area contributed by atoms with Crippen molar-refractivity contribution < 1.29 is 4.79 Å². The molecule has 0 aliphatic carbocycles. The highest BCUT2D eigenvalue weighted by molar-refractivity contribution is 6.31. The summed E-state index contributed by atoms with van der Waals surface area (Å²) in [5.41, 5.74) is 11.1. The van der Waals surface area contributed by atoms with E-state index in [0.29, 0.717) is 23.7 Å². The van der Waals surface area contributed by atoms with Gasteiger partial charge in [0.15, 0.2) is 0 Å². The first-order valence-corrected chi connectivity index (χ1v) is 11.8. The smallest absolute Gasteiger partial charge is 0.220 e. The summed E-state index contributed by atoms with van der Waals surface area (Å²) in [6.45, 7) is 1.46. The van der Waals surface area contributed by atoms with Gasteiger partial charge in [0.05, 0.1) is 5.52 Å². The van der Waals surface area contributed by atoms with Crippen LogP contribution in [0.4, 0.5) is 5.69 Å². The Morgan fingerprint density at radius 3 is 2.70 bits per heavy atom. The van der Waals surface area contributed by atoms with Crippen molar-refractivity contribution in [2.75, 3.05) is 5.73 Å². The molecule has 0 saturated heterocycles. The van der Waals surface area contributed by atoms with Crippen LogP contribution in [0.2, 0.25) is 5.02 Å². The molecular formula is C27H29ClN4O. The lowest BCUT2D eigenvalue weighted by Gasteiger charge is -2.08. The topological polar surface area (TPSA) is 72.9 Å². The number of pyridine rings is 1. The van der Waals surface area contributed by atoms with Gasteiger partial charge in [0.2, 0.25) is 5.91 Å². The van der Waals surface area contributed by atoms with Crippen LogP contribution in [-0.2, 0) is 17.9 Å². The minimum Gasteiger partial charge on any atom is -0.398 e. The number of nitrogens with one attached hydrogen (secondary N) is 1. The molecule has 1 amide bonds. The molecule has 0 radical (unpaired) electrons. The molecule has 2 heterocycles. The lowest BCUT2D eigenvalue weighted by Crippen LogP contribution is -2.22. The van der Waals surface area contributed by atoms with Gasteiger partial charge in [0.25, 0.3) is 0 Å². The summed E-state index contributed by atoms with van der Waals surface area (Å²) in [5, 5.41) is 4.74. The SMILES string of the molecule is Nc1cc(Cl)cc2c1ccn2CCCCCCC(=O)NCc1cccc(-c2cccnc2)c1. The molecule has 170 valence electrons. The van der Waals surface area contributed by atoms with Gasteiger partial charge < -0.3 is 15.6 Å². The van der Waals surface area contributed by atoms with Crippen molar-refractivity contribution in [3.63, 3.8) is 0 Å². The van der Waals surface area contributed by atoms with Gasteiger partial charge in [-0.3, -0.25) is 9.78 Å². The third-order valence-electron chi connectivity index (χ3n) is 5.85. The highest BCUT2D eigenvalue weighted by Crippen LogP contribution is 2.27. The van der Waals surface area contributed by atoms with Crippen LogP contribution in [0, 0.1) is 0 Å². The number of rotatable bonds is 10. The highest BCUT2D eigenvalue weighted by Gasteiger charge is 2.06. The van der Waals surface area contributed by atoms with Gasteiger partial charge in [-0.15, -0.1) is 0 Å². The number of amides is 1. The maximum atomic E-state index is 12.3. The molecule has 0 saturated carbocycles. The molecule has 4 aromatic rings. The van der Waals surface area contributed by atoms with Gasteiger partial charge in [-0.05, 0) is 59.9 Å². The van der Waals surface area contributed by atoms with Gasteiger partial charge in [0, 0.05) is 54.2 Å². The first-order valence-electron chi connectivity index (χ1n) is 11.4. The predicted octanol–water partition coefficient (Wildman–Crippen LogP) is 6.21. The van der Waals surface area contributed by atoms with E-state index in [1.165, 1.54) is 0 Å². The van der Waals surface area contributed by atoms with E-state index in [-0.39, 0.29) is 5.91 Å². The number of fused-ring (bicyclic) bond motifs is 1. The van der Waals surface area contributed by atoms with E-state index >= 15 is 0 Å². The van der Waals surface area contributed by atoms with E-state index < -0.39 is 0 Å². The summed E-state index contributed by atoms with van der Waals surface area (Å²) in [6, 6.07) is 18.0. The highest BCUT2D eigenvalue weighted by atomic mass is 35.5. The Morgan fingerprint density at radius 2 is 1.85 bits per heavy atom. The van der Waals surface area contributed by atoms with E-state index in [9.17, 15) is 4.79 Å². The van der Waals surface area contributed by atoms with Crippen LogP contribution < -0.4 is 11.1 Å². The number of hydrogen-bond acceptors (Lipinski definition) is 3. The van der Waals surface area contributed by atoms with Crippen molar-refractivity contribution in [1.29, 1.82) is 0 Å². The number of hydrogen-bond donors (Lipinski definition) is 2. The number of benzene rings is 2. The van der Waals surface area contributed by atoms with Crippen molar-refractivity contribution >= 4 is 34.1 Å².